The van der Waals surface area contributed by atoms with E-state index >= 15 is 0 Å². The molecule has 1 aliphatic rings. The van der Waals surface area contributed by atoms with E-state index in [1.807, 2.05) is 31.2 Å². The Labute approximate surface area is 106 Å². The second kappa shape index (κ2) is 4.67. The van der Waals surface area contributed by atoms with E-state index in [4.69, 9.17) is 17.3 Å². The highest BCUT2D eigenvalue weighted by Gasteiger charge is 2.48. The lowest BCUT2D eigenvalue weighted by molar-refractivity contribution is -0.126. The first-order valence-electron chi connectivity index (χ1n) is 5.84. The molecule has 0 heterocycles. The third-order valence-corrected chi connectivity index (χ3v) is 3.66. The third kappa shape index (κ3) is 2.61. The lowest BCUT2D eigenvalue weighted by Gasteiger charge is -2.18. The van der Waals surface area contributed by atoms with E-state index in [0.717, 1.165) is 18.4 Å². The second-order valence-corrected chi connectivity index (χ2v) is 5.17. The highest BCUT2D eigenvalue weighted by atomic mass is 35.5. The molecule has 1 atom stereocenters. The van der Waals surface area contributed by atoms with Crippen molar-refractivity contribution >= 4 is 17.5 Å². The first kappa shape index (κ1) is 12.4. The van der Waals surface area contributed by atoms with Crippen LogP contribution in [0.1, 0.15) is 31.4 Å². The van der Waals surface area contributed by atoms with Crippen LogP contribution in [0.3, 0.4) is 0 Å². The van der Waals surface area contributed by atoms with Crippen molar-refractivity contribution in [1.82, 2.24) is 5.32 Å². The molecule has 3 nitrogen and oxygen atoms in total. The maximum absolute atomic E-state index is 12.0. The summed E-state index contributed by atoms with van der Waals surface area (Å²) in [5.74, 6) is 0.0625. The molecule has 17 heavy (non-hydrogen) atoms. The van der Waals surface area contributed by atoms with Crippen LogP contribution in [0.15, 0.2) is 24.3 Å². The summed E-state index contributed by atoms with van der Waals surface area (Å²) < 4.78 is 0. The maximum atomic E-state index is 12.0. The van der Waals surface area contributed by atoms with Crippen molar-refractivity contribution in [3.8, 4) is 0 Å². The van der Waals surface area contributed by atoms with Crippen molar-refractivity contribution in [1.29, 1.82) is 0 Å². The molecular formula is C13H17ClN2O. The van der Waals surface area contributed by atoms with Gasteiger partial charge in [-0.25, -0.2) is 0 Å². The predicted molar refractivity (Wildman–Crippen MR) is 68.7 cm³/mol. The summed E-state index contributed by atoms with van der Waals surface area (Å²) in [5, 5.41) is 3.68. The fourth-order valence-electron chi connectivity index (χ4n) is 1.88. The van der Waals surface area contributed by atoms with Crippen LogP contribution in [0.25, 0.3) is 0 Å². The monoisotopic (exact) mass is 252 g/mol. The fourth-order valence-corrected chi connectivity index (χ4v) is 2.08. The maximum Gasteiger partial charge on any atom is 0.227 e. The van der Waals surface area contributed by atoms with Crippen LogP contribution in [0.2, 0.25) is 5.02 Å². The van der Waals surface area contributed by atoms with Crippen LogP contribution in [0, 0.1) is 5.41 Å². The largest absolute Gasteiger partial charge is 0.349 e. The summed E-state index contributed by atoms with van der Waals surface area (Å²) in [7, 11) is 0. The highest BCUT2D eigenvalue weighted by Crippen LogP contribution is 2.45. The number of nitrogens with one attached hydrogen (secondary N) is 1. The van der Waals surface area contributed by atoms with E-state index in [1.165, 1.54) is 0 Å². The van der Waals surface area contributed by atoms with Crippen molar-refractivity contribution in [2.24, 2.45) is 11.1 Å². The third-order valence-electron chi connectivity index (χ3n) is 3.42. The molecule has 1 aliphatic carbocycles. The molecule has 3 N–H and O–H groups in total. The molecule has 1 saturated carbocycles. The molecule has 1 aromatic rings. The molecule has 1 unspecified atom stereocenters. The van der Waals surface area contributed by atoms with Crippen LogP contribution in [-0.4, -0.2) is 12.5 Å². The van der Waals surface area contributed by atoms with Crippen LogP contribution in [-0.2, 0) is 4.79 Å². The van der Waals surface area contributed by atoms with E-state index in [0.29, 0.717) is 11.6 Å². The minimum atomic E-state index is -0.299. The Hall–Kier alpha value is -1.06. The Kier molecular flexibility index (Phi) is 3.40. The molecule has 1 fully saturated rings. The standard InChI is InChI=1S/C13H17ClN2O/c1-9(10-3-2-4-11(14)7-10)16-12(17)13(8-15)5-6-13/h2-4,7,9H,5-6,8,15H2,1H3,(H,16,17). The number of rotatable bonds is 4. The SMILES string of the molecule is CC(NC(=O)C1(CN)CC1)c1cccc(Cl)c1. The molecule has 0 spiro atoms. The van der Waals surface area contributed by atoms with Crippen LogP contribution in [0.5, 0.6) is 0 Å². The Morgan fingerprint density at radius 1 is 1.59 bits per heavy atom. The molecule has 4 heteroatoms. The van der Waals surface area contributed by atoms with Gasteiger partial charge in [0.25, 0.3) is 0 Å². The molecule has 2 rings (SSSR count). The number of hydrogen-bond acceptors (Lipinski definition) is 2. The number of amides is 1. The normalized spacial score (nSPS) is 18.5. The summed E-state index contributed by atoms with van der Waals surface area (Å²) in [6, 6.07) is 7.50. The van der Waals surface area contributed by atoms with Crippen molar-refractivity contribution in [2.45, 2.75) is 25.8 Å². The Morgan fingerprint density at radius 3 is 2.82 bits per heavy atom. The van der Waals surface area contributed by atoms with Gasteiger partial charge in [-0.3, -0.25) is 4.79 Å². The number of hydrogen-bond donors (Lipinski definition) is 2. The zero-order chi connectivity index (χ0) is 12.5. The van der Waals surface area contributed by atoms with Crippen molar-refractivity contribution in [3.05, 3.63) is 34.9 Å². The van der Waals surface area contributed by atoms with Gasteiger partial charge in [-0.1, -0.05) is 23.7 Å². The van der Waals surface area contributed by atoms with Gasteiger partial charge < -0.3 is 11.1 Å². The number of nitrogens with two attached hydrogens (primary N) is 1. The zero-order valence-electron chi connectivity index (χ0n) is 9.87. The average Bonchev–Trinajstić information content (AvgIpc) is 3.09. The van der Waals surface area contributed by atoms with Crippen molar-refractivity contribution in [2.75, 3.05) is 6.54 Å². The molecule has 0 saturated heterocycles. The summed E-state index contributed by atoms with van der Waals surface area (Å²) in [6.45, 7) is 2.39. The molecule has 92 valence electrons. The van der Waals surface area contributed by atoms with E-state index in [1.54, 1.807) is 0 Å². The quantitative estimate of drug-likeness (QED) is 0.864. The van der Waals surface area contributed by atoms with Crippen molar-refractivity contribution < 1.29 is 4.79 Å². The Morgan fingerprint density at radius 2 is 2.29 bits per heavy atom. The van der Waals surface area contributed by atoms with Gasteiger partial charge in [-0.05, 0) is 37.5 Å². The first-order chi connectivity index (χ1) is 8.07. The number of halogens is 1. The van der Waals surface area contributed by atoms with E-state index in [-0.39, 0.29) is 17.4 Å². The van der Waals surface area contributed by atoms with Gasteiger partial charge in [0.05, 0.1) is 11.5 Å². The van der Waals surface area contributed by atoms with Gasteiger partial charge in [-0.15, -0.1) is 0 Å². The summed E-state index contributed by atoms with van der Waals surface area (Å²) in [4.78, 5) is 12.0. The van der Waals surface area contributed by atoms with Gasteiger partial charge >= 0.3 is 0 Å². The first-order valence-corrected chi connectivity index (χ1v) is 6.22. The number of carbonyl (C=O) groups is 1. The van der Waals surface area contributed by atoms with Gasteiger partial charge in [0.1, 0.15) is 0 Å². The zero-order valence-corrected chi connectivity index (χ0v) is 10.6. The number of carbonyl (C=O) groups excluding carboxylic acids is 1. The molecule has 0 aromatic heterocycles. The van der Waals surface area contributed by atoms with Gasteiger partial charge in [0, 0.05) is 11.6 Å². The fraction of sp³-hybridized carbons (Fsp3) is 0.462. The summed E-state index contributed by atoms with van der Waals surface area (Å²) >= 11 is 5.92. The average molecular weight is 253 g/mol. The lowest BCUT2D eigenvalue weighted by atomic mass is 10.0. The van der Waals surface area contributed by atoms with E-state index in [2.05, 4.69) is 5.32 Å². The summed E-state index contributed by atoms with van der Waals surface area (Å²) in [5.41, 5.74) is 6.34. The topological polar surface area (TPSA) is 55.1 Å². The van der Waals surface area contributed by atoms with Crippen LogP contribution in [0.4, 0.5) is 0 Å². The lowest BCUT2D eigenvalue weighted by Crippen LogP contribution is -2.37. The van der Waals surface area contributed by atoms with Gasteiger partial charge in [-0.2, -0.15) is 0 Å². The van der Waals surface area contributed by atoms with Crippen LogP contribution < -0.4 is 11.1 Å². The Balaban J connectivity index is 2.02. The highest BCUT2D eigenvalue weighted by molar-refractivity contribution is 6.30. The predicted octanol–water partition coefficient (Wildman–Crippen LogP) is 2.26. The smallest absolute Gasteiger partial charge is 0.227 e. The number of benzene rings is 1. The second-order valence-electron chi connectivity index (χ2n) is 4.73. The van der Waals surface area contributed by atoms with Crippen molar-refractivity contribution in [3.63, 3.8) is 0 Å². The minimum absolute atomic E-state index is 0.0368. The minimum Gasteiger partial charge on any atom is -0.349 e. The molecule has 0 aliphatic heterocycles. The summed E-state index contributed by atoms with van der Waals surface area (Å²) in [6.07, 6.45) is 1.80. The van der Waals surface area contributed by atoms with Crippen LogP contribution >= 0.6 is 11.6 Å². The molecule has 1 amide bonds. The molecule has 0 bridgehead atoms. The molecule has 0 radical (unpaired) electrons. The van der Waals surface area contributed by atoms with Gasteiger partial charge in [0.15, 0.2) is 0 Å². The van der Waals surface area contributed by atoms with Gasteiger partial charge in [0.2, 0.25) is 5.91 Å². The van der Waals surface area contributed by atoms with E-state index in [9.17, 15) is 4.79 Å². The molecule has 1 aromatic carbocycles. The Bertz CT molecular complexity index is 429. The van der Waals surface area contributed by atoms with E-state index < -0.39 is 0 Å². The molecular weight excluding hydrogens is 236 g/mol.